The molecule has 0 radical (unpaired) electrons. The Labute approximate surface area is 160 Å². The smallest absolute Gasteiger partial charge is 0.243 e. The van der Waals surface area contributed by atoms with Gasteiger partial charge in [0.05, 0.1) is 18.4 Å². The monoisotopic (exact) mass is 388 g/mol. The first-order valence-corrected chi connectivity index (χ1v) is 10.5. The van der Waals surface area contributed by atoms with Crippen LogP contribution < -0.4 is 10.1 Å². The minimum Gasteiger partial charge on any atom is -0.497 e. The zero-order chi connectivity index (χ0) is 19.3. The molecule has 1 amide bonds. The molecule has 0 aliphatic carbocycles. The number of rotatable bonds is 6. The van der Waals surface area contributed by atoms with E-state index in [-0.39, 0.29) is 17.2 Å². The van der Waals surface area contributed by atoms with Gasteiger partial charge in [0.2, 0.25) is 15.9 Å². The molecule has 6 nitrogen and oxygen atoms in total. The summed E-state index contributed by atoms with van der Waals surface area (Å²) in [6.45, 7) is 1.16. The predicted molar refractivity (Wildman–Crippen MR) is 104 cm³/mol. The first-order chi connectivity index (χ1) is 13.0. The lowest BCUT2D eigenvalue weighted by molar-refractivity contribution is -0.115. The average molecular weight is 388 g/mol. The highest BCUT2D eigenvalue weighted by Gasteiger charge is 2.25. The van der Waals surface area contributed by atoms with Gasteiger partial charge in [-0.15, -0.1) is 0 Å². The van der Waals surface area contributed by atoms with Crippen LogP contribution in [0.5, 0.6) is 5.75 Å². The van der Waals surface area contributed by atoms with Gasteiger partial charge >= 0.3 is 0 Å². The van der Waals surface area contributed by atoms with Crippen molar-refractivity contribution in [3.63, 3.8) is 0 Å². The predicted octanol–water partition coefficient (Wildman–Crippen LogP) is 3.05. The Bertz CT molecular complexity index is 871. The summed E-state index contributed by atoms with van der Waals surface area (Å²) in [5.41, 5.74) is 1.45. The van der Waals surface area contributed by atoms with Crippen molar-refractivity contribution in [3.8, 4) is 5.75 Å². The van der Waals surface area contributed by atoms with Crippen LogP contribution in [-0.2, 0) is 21.2 Å². The van der Waals surface area contributed by atoms with E-state index in [1.54, 1.807) is 59.9 Å². The summed E-state index contributed by atoms with van der Waals surface area (Å²) < 4.78 is 31.9. The molecule has 1 heterocycles. The molecule has 0 unspecified atom stereocenters. The standard InChI is InChI=1S/C20H24N2O4S/c1-26-18-9-7-17(8-10-18)21-20(23)15-16-5-11-19(12-6-16)27(24,25)22-13-3-2-4-14-22/h5-12H,2-4,13-15H2,1H3,(H,21,23). The molecule has 1 saturated heterocycles. The molecule has 1 fully saturated rings. The molecular formula is C20H24N2O4S. The van der Waals surface area contributed by atoms with Gasteiger partial charge in [0.15, 0.2) is 0 Å². The van der Waals surface area contributed by atoms with E-state index >= 15 is 0 Å². The van der Waals surface area contributed by atoms with Crippen molar-refractivity contribution < 1.29 is 17.9 Å². The number of hydrogen-bond acceptors (Lipinski definition) is 4. The Kier molecular flexibility index (Phi) is 6.13. The molecule has 2 aromatic carbocycles. The van der Waals surface area contributed by atoms with Crippen LogP contribution in [0.15, 0.2) is 53.4 Å². The zero-order valence-electron chi connectivity index (χ0n) is 15.3. The summed E-state index contributed by atoms with van der Waals surface area (Å²) in [4.78, 5) is 12.5. The van der Waals surface area contributed by atoms with E-state index in [1.165, 1.54) is 0 Å². The zero-order valence-corrected chi connectivity index (χ0v) is 16.2. The van der Waals surface area contributed by atoms with Gasteiger partial charge in [-0.05, 0) is 54.8 Å². The summed E-state index contributed by atoms with van der Waals surface area (Å²) in [5.74, 6) is 0.560. The number of sulfonamides is 1. The summed E-state index contributed by atoms with van der Waals surface area (Å²) in [7, 11) is -1.86. The maximum absolute atomic E-state index is 12.7. The van der Waals surface area contributed by atoms with Gasteiger partial charge in [0.25, 0.3) is 0 Å². The van der Waals surface area contributed by atoms with E-state index < -0.39 is 10.0 Å². The molecule has 0 bridgehead atoms. The van der Waals surface area contributed by atoms with Crippen molar-refractivity contribution in [2.75, 3.05) is 25.5 Å². The Hall–Kier alpha value is -2.38. The summed E-state index contributed by atoms with van der Waals surface area (Å²) >= 11 is 0. The average Bonchev–Trinajstić information content (AvgIpc) is 2.69. The van der Waals surface area contributed by atoms with E-state index in [0.717, 1.165) is 30.6 Å². The quantitative estimate of drug-likeness (QED) is 0.825. The third kappa shape index (κ3) is 4.87. The van der Waals surface area contributed by atoms with Gasteiger partial charge in [0, 0.05) is 18.8 Å². The highest BCUT2D eigenvalue weighted by molar-refractivity contribution is 7.89. The first-order valence-electron chi connectivity index (χ1n) is 9.02. The molecule has 2 aromatic rings. The van der Waals surface area contributed by atoms with Crippen LogP contribution in [-0.4, -0.2) is 38.8 Å². The molecule has 1 aliphatic heterocycles. The Morgan fingerprint density at radius 3 is 2.22 bits per heavy atom. The fourth-order valence-electron chi connectivity index (χ4n) is 3.10. The molecule has 0 spiro atoms. The van der Waals surface area contributed by atoms with Crippen LogP contribution in [0.3, 0.4) is 0 Å². The van der Waals surface area contributed by atoms with E-state index in [1.807, 2.05) is 0 Å². The molecule has 1 aliphatic rings. The SMILES string of the molecule is COc1ccc(NC(=O)Cc2ccc(S(=O)(=O)N3CCCCC3)cc2)cc1. The molecule has 7 heteroatoms. The van der Waals surface area contributed by atoms with Crippen molar-refractivity contribution in [3.05, 3.63) is 54.1 Å². The van der Waals surface area contributed by atoms with Crippen LogP contribution in [0.25, 0.3) is 0 Å². The molecule has 27 heavy (non-hydrogen) atoms. The van der Waals surface area contributed by atoms with Gasteiger partial charge in [-0.25, -0.2) is 8.42 Å². The van der Waals surface area contributed by atoms with Gasteiger partial charge in [-0.3, -0.25) is 4.79 Å². The van der Waals surface area contributed by atoms with E-state index in [0.29, 0.717) is 18.8 Å². The molecule has 0 saturated carbocycles. The third-order valence-corrected chi connectivity index (χ3v) is 6.53. The Morgan fingerprint density at radius 2 is 1.63 bits per heavy atom. The number of hydrogen-bond donors (Lipinski definition) is 1. The molecule has 144 valence electrons. The second kappa shape index (κ2) is 8.54. The van der Waals surface area contributed by atoms with Crippen LogP contribution in [0.2, 0.25) is 0 Å². The van der Waals surface area contributed by atoms with Crippen molar-refractivity contribution in [1.82, 2.24) is 4.31 Å². The van der Waals surface area contributed by atoms with Gasteiger partial charge in [-0.2, -0.15) is 4.31 Å². The topological polar surface area (TPSA) is 75.7 Å². The van der Waals surface area contributed by atoms with Gasteiger partial charge < -0.3 is 10.1 Å². The van der Waals surface area contributed by atoms with E-state index in [2.05, 4.69) is 5.32 Å². The number of amides is 1. The fraction of sp³-hybridized carbons (Fsp3) is 0.350. The number of nitrogens with one attached hydrogen (secondary N) is 1. The number of piperidine rings is 1. The van der Waals surface area contributed by atoms with Crippen molar-refractivity contribution in [1.29, 1.82) is 0 Å². The molecule has 3 rings (SSSR count). The first kappa shape index (κ1) is 19.4. The Balaban J connectivity index is 1.61. The second-order valence-electron chi connectivity index (χ2n) is 6.56. The molecule has 0 atom stereocenters. The molecule has 1 N–H and O–H groups in total. The van der Waals surface area contributed by atoms with Crippen molar-refractivity contribution in [2.24, 2.45) is 0 Å². The van der Waals surface area contributed by atoms with Gasteiger partial charge in [-0.1, -0.05) is 18.6 Å². The summed E-state index contributed by atoms with van der Waals surface area (Å²) in [5, 5.41) is 2.82. The summed E-state index contributed by atoms with van der Waals surface area (Å²) in [6, 6.07) is 13.6. The maximum atomic E-state index is 12.7. The number of methoxy groups -OCH3 is 1. The van der Waals surface area contributed by atoms with Crippen LogP contribution >= 0.6 is 0 Å². The lowest BCUT2D eigenvalue weighted by Crippen LogP contribution is -2.35. The van der Waals surface area contributed by atoms with Crippen molar-refractivity contribution >= 4 is 21.6 Å². The molecule has 0 aromatic heterocycles. The Morgan fingerprint density at radius 1 is 1.00 bits per heavy atom. The van der Waals surface area contributed by atoms with Crippen LogP contribution in [0.4, 0.5) is 5.69 Å². The number of anilines is 1. The van der Waals surface area contributed by atoms with E-state index in [9.17, 15) is 13.2 Å². The van der Waals surface area contributed by atoms with Crippen LogP contribution in [0.1, 0.15) is 24.8 Å². The third-order valence-electron chi connectivity index (χ3n) is 4.61. The van der Waals surface area contributed by atoms with Crippen molar-refractivity contribution in [2.45, 2.75) is 30.6 Å². The normalized spacial score (nSPS) is 15.3. The fourth-order valence-corrected chi connectivity index (χ4v) is 4.62. The van der Waals surface area contributed by atoms with Crippen LogP contribution in [0, 0.1) is 0 Å². The highest BCUT2D eigenvalue weighted by Crippen LogP contribution is 2.21. The summed E-state index contributed by atoms with van der Waals surface area (Å²) in [6.07, 6.45) is 3.07. The maximum Gasteiger partial charge on any atom is 0.243 e. The minimum atomic E-state index is -3.44. The lowest BCUT2D eigenvalue weighted by Gasteiger charge is -2.25. The number of ether oxygens (including phenoxy) is 1. The largest absolute Gasteiger partial charge is 0.497 e. The second-order valence-corrected chi connectivity index (χ2v) is 8.50. The highest BCUT2D eigenvalue weighted by atomic mass is 32.2. The minimum absolute atomic E-state index is 0.160. The van der Waals surface area contributed by atoms with Gasteiger partial charge in [0.1, 0.15) is 5.75 Å². The lowest BCUT2D eigenvalue weighted by atomic mass is 10.1. The van der Waals surface area contributed by atoms with E-state index in [4.69, 9.17) is 4.74 Å². The number of benzene rings is 2. The number of carbonyl (C=O) groups is 1. The molecular weight excluding hydrogens is 364 g/mol. The number of nitrogens with zero attached hydrogens (tertiary/aromatic N) is 1. The number of carbonyl (C=O) groups excluding carboxylic acids is 1.